The third-order valence-corrected chi connectivity index (χ3v) is 4.54. The second kappa shape index (κ2) is 6.93. The SMILES string of the molecule is CCOc1ccc2cc(C(=O)Nc3nnc(-c4ccccn4)s3)[nH]c2c1. The number of amides is 1. The van der Waals surface area contributed by atoms with E-state index in [2.05, 4.69) is 25.5 Å². The maximum Gasteiger partial charge on any atom is 0.273 e. The van der Waals surface area contributed by atoms with E-state index in [0.29, 0.717) is 22.4 Å². The molecule has 0 atom stereocenters. The number of carbonyl (C=O) groups excluding carboxylic acids is 1. The smallest absolute Gasteiger partial charge is 0.273 e. The molecule has 130 valence electrons. The second-order valence-electron chi connectivity index (χ2n) is 5.45. The van der Waals surface area contributed by atoms with Gasteiger partial charge in [0.05, 0.1) is 6.61 Å². The number of fused-ring (bicyclic) bond motifs is 1. The first-order valence-electron chi connectivity index (χ1n) is 8.05. The molecule has 4 aromatic rings. The van der Waals surface area contributed by atoms with E-state index >= 15 is 0 Å². The summed E-state index contributed by atoms with van der Waals surface area (Å²) in [4.78, 5) is 19.8. The number of aromatic amines is 1. The molecule has 0 aliphatic heterocycles. The quantitative estimate of drug-likeness (QED) is 0.562. The van der Waals surface area contributed by atoms with E-state index < -0.39 is 0 Å². The van der Waals surface area contributed by atoms with Crippen LogP contribution in [-0.2, 0) is 0 Å². The molecule has 3 aromatic heterocycles. The molecule has 1 amide bonds. The number of aromatic nitrogens is 4. The van der Waals surface area contributed by atoms with Crippen molar-refractivity contribution in [3.63, 3.8) is 0 Å². The Morgan fingerprint density at radius 1 is 1.23 bits per heavy atom. The number of H-pyrrole nitrogens is 1. The first-order valence-corrected chi connectivity index (χ1v) is 8.86. The normalized spacial score (nSPS) is 10.8. The van der Waals surface area contributed by atoms with E-state index in [-0.39, 0.29) is 5.91 Å². The van der Waals surface area contributed by atoms with Crippen LogP contribution in [-0.4, -0.2) is 32.7 Å². The number of benzene rings is 1. The van der Waals surface area contributed by atoms with Crippen LogP contribution >= 0.6 is 11.3 Å². The van der Waals surface area contributed by atoms with Crippen LogP contribution in [0.25, 0.3) is 21.6 Å². The first kappa shape index (κ1) is 16.2. The van der Waals surface area contributed by atoms with Gasteiger partial charge in [-0.1, -0.05) is 17.4 Å². The van der Waals surface area contributed by atoms with Crippen molar-refractivity contribution in [3.05, 3.63) is 54.4 Å². The van der Waals surface area contributed by atoms with Crippen LogP contribution in [0.15, 0.2) is 48.7 Å². The molecule has 0 saturated heterocycles. The molecule has 1 aromatic carbocycles. The summed E-state index contributed by atoms with van der Waals surface area (Å²) in [6, 6.07) is 13.0. The number of hydrogen-bond acceptors (Lipinski definition) is 6. The Morgan fingerprint density at radius 3 is 2.96 bits per heavy atom. The lowest BCUT2D eigenvalue weighted by Crippen LogP contribution is -2.11. The van der Waals surface area contributed by atoms with E-state index in [9.17, 15) is 4.79 Å². The maximum atomic E-state index is 12.5. The number of rotatable bonds is 5. The van der Waals surface area contributed by atoms with Gasteiger partial charge in [0.1, 0.15) is 17.1 Å². The van der Waals surface area contributed by atoms with Crippen LogP contribution in [0, 0.1) is 0 Å². The first-order chi connectivity index (χ1) is 12.7. The van der Waals surface area contributed by atoms with Crippen molar-refractivity contribution in [3.8, 4) is 16.5 Å². The molecule has 0 aliphatic carbocycles. The zero-order chi connectivity index (χ0) is 17.9. The highest BCUT2D eigenvalue weighted by Gasteiger charge is 2.14. The Hall–Kier alpha value is -3.26. The average Bonchev–Trinajstić information content (AvgIpc) is 3.29. The van der Waals surface area contributed by atoms with Crippen molar-refractivity contribution in [2.24, 2.45) is 0 Å². The van der Waals surface area contributed by atoms with E-state index in [1.807, 2.05) is 43.3 Å². The monoisotopic (exact) mass is 365 g/mol. The fraction of sp³-hybridized carbons (Fsp3) is 0.111. The molecule has 0 spiro atoms. The highest BCUT2D eigenvalue weighted by molar-refractivity contribution is 7.18. The number of ether oxygens (including phenoxy) is 1. The number of anilines is 1. The van der Waals surface area contributed by atoms with Gasteiger partial charge in [-0.3, -0.25) is 15.1 Å². The molecule has 2 N–H and O–H groups in total. The van der Waals surface area contributed by atoms with Crippen molar-refractivity contribution in [1.82, 2.24) is 20.2 Å². The molecule has 26 heavy (non-hydrogen) atoms. The average molecular weight is 365 g/mol. The van der Waals surface area contributed by atoms with Gasteiger partial charge in [-0.25, -0.2) is 0 Å². The van der Waals surface area contributed by atoms with Gasteiger partial charge >= 0.3 is 0 Å². The molecular weight excluding hydrogens is 350 g/mol. The molecule has 8 heteroatoms. The topological polar surface area (TPSA) is 92.8 Å². The van der Waals surface area contributed by atoms with Gasteiger partial charge in [0.25, 0.3) is 5.91 Å². The van der Waals surface area contributed by atoms with Crippen LogP contribution in [0.3, 0.4) is 0 Å². The van der Waals surface area contributed by atoms with Crippen molar-refractivity contribution in [1.29, 1.82) is 0 Å². The fourth-order valence-electron chi connectivity index (χ4n) is 2.52. The zero-order valence-electron chi connectivity index (χ0n) is 13.9. The Morgan fingerprint density at radius 2 is 2.15 bits per heavy atom. The van der Waals surface area contributed by atoms with Crippen LogP contribution in [0.4, 0.5) is 5.13 Å². The summed E-state index contributed by atoms with van der Waals surface area (Å²) in [6.07, 6.45) is 1.69. The minimum absolute atomic E-state index is 0.275. The Balaban J connectivity index is 1.53. The van der Waals surface area contributed by atoms with E-state index in [1.54, 1.807) is 12.3 Å². The molecule has 3 heterocycles. The lowest BCUT2D eigenvalue weighted by Gasteiger charge is -2.01. The third kappa shape index (κ3) is 3.27. The molecule has 0 saturated carbocycles. The molecule has 4 rings (SSSR count). The number of hydrogen-bond donors (Lipinski definition) is 2. The van der Waals surface area contributed by atoms with Crippen LogP contribution in [0.5, 0.6) is 5.75 Å². The van der Waals surface area contributed by atoms with E-state index in [0.717, 1.165) is 22.3 Å². The van der Waals surface area contributed by atoms with Gasteiger partial charge in [0.15, 0.2) is 5.01 Å². The minimum atomic E-state index is -0.275. The standard InChI is InChI=1S/C18H15N5O2S/c1-2-25-12-7-6-11-9-15(20-14(11)10-12)16(24)21-18-23-22-17(26-18)13-5-3-4-8-19-13/h3-10,20H,2H2,1H3,(H,21,23,24). The van der Waals surface area contributed by atoms with Crippen LogP contribution in [0.2, 0.25) is 0 Å². The fourth-order valence-corrected chi connectivity index (χ4v) is 3.23. The van der Waals surface area contributed by atoms with Crippen molar-refractivity contribution in [2.75, 3.05) is 11.9 Å². The minimum Gasteiger partial charge on any atom is -0.494 e. The van der Waals surface area contributed by atoms with Gasteiger partial charge in [-0.05, 0) is 37.3 Å². The van der Waals surface area contributed by atoms with Crippen LogP contribution in [0.1, 0.15) is 17.4 Å². The summed E-state index contributed by atoms with van der Waals surface area (Å²) >= 11 is 1.27. The van der Waals surface area contributed by atoms with E-state index in [1.165, 1.54) is 11.3 Å². The van der Waals surface area contributed by atoms with Gasteiger partial charge in [0.2, 0.25) is 5.13 Å². The Labute approximate surface area is 153 Å². The zero-order valence-corrected chi connectivity index (χ0v) is 14.7. The lowest BCUT2D eigenvalue weighted by atomic mass is 10.2. The van der Waals surface area contributed by atoms with Crippen molar-refractivity contribution < 1.29 is 9.53 Å². The highest BCUT2D eigenvalue weighted by atomic mass is 32.1. The summed E-state index contributed by atoms with van der Waals surface area (Å²) in [6.45, 7) is 2.52. The molecule has 0 unspecified atom stereocenters. The molecule has 7 nitrogen and oxygen atoms in total. The van der Waals surface area contributed by atoms with Gasteiger partial charge in [0, 0.05) is 23.2 Å². The molecular formula is C18H15N5O2S. The van der Waals surface area contributed by atoms with Gasteiger partial charge < -0.3 is 9.72 Å². The third-order valence-electron chi connectivity index (χ3n) is 3.68. The molecule has 0 bridgehead atoms. The molecule has 0 aliphatic rings. The lowest BCUT2D eigenvalue weighted by molar-refractivity contribution is 0.102. The summed E-state index contributed by atoms with van der Waals surface area (Å²) in [5.74, 6) is 0.487. The van der Waals surface area contributed by atoms with Crippen LogP contribution < -0.4 is 10.1 Å². The molecule has 0 radical (unpaired) electrons. The summed E-state index contributed by atoms with van der Waals surface area (Å²) < 4.78 is 5.48. The molecule has 0 fully saturated rings. The number of nitrogens with one attached hydrogen (secondary N) is 2. The Kier molecular flexibility index (Phi) is 4.32. The number of carbonyl (C=O) groups is 1. The van der Waals surface area contributed by atoms with Crippen molar-refractivity contribution >= 4 is 33.3 Å². The summed E-state index contributed by atoms with van der Waals surface area (Å²) in [7, 11) is 0. The predicted molar refractivity (Wildman–Crippen MR) is 101 cm³/mol. The predicted octanol–water partition coefficient (Wildman–Crippen LogP) is 3.73. The summed E-state index contributed by atoms with van der Waals surface area (Å²) in [5.41, 5.74) is 2.01. The maximum absolute atomic E-state index is 12.5. The second-order valence-corrected chi connectivity index (χ2v) is 6.42. The summed E-state index contributed by atoms with van der Waals surface area (Å²) in [5, 5.41) is 12.9. The highest BCUT2D eigenvalue weighted by Crippen LogP contribution is 2.26. The number of nitrogens with zero attached hydrogens (tertiary/aromatic N) is 3. The van der Waals surface area contributed by atoms with Gasteiger partial charge in [-0.15, -0.1) is 10.2 Å². The Bertz CT molecular complexity index is 1060. The van der Waals surface area contributed by atoms with Crippen molar-refractivity contribution in [2.45, 2.75) is 6.92 Å². The van der Waals surface area contributed by atoms with Gasteiger partial charge in [-0.2, -0.15) is 0 Å². The largest absolute Gasteiger partial charge is 0.494 e. The van der Waals surface area contributed by atoms with E-state index in [4.69, 9.17) is 4.74 Å². The number of pyridine rings is 1.